The van der Waals surface area contributed by atoms with Crippen molar-refractivity contribution in [2.75, 3.05) is 26.4 Å². The van der Waals surface area contributed by atoms with Gasteiger partial charge in [0.15, 0.2) is 0 Å². The predicted molar refractivity (Wildman–Crippen MR) is 90.8 cm³/mol. The van der Waals surface area contributed by atoms with Crippen LogP contribution in [0.3, 0.4) is 0 Å². The molecule has 0 amide bonds. The third kappa shape index (κ3) is 4.72. The Bertz CT molecular complexity index is 779. The maximum absolute atomic E-state index is 12.7. The van der Waals surface area contributed by atoms with Gasteiger partial charge in [-0.3, -0.25) is 0 Å². The van der Waals surface area contributed by atoms with E-state index in [2.05, 4.69) is 0 Å². The van der Waals surface area contributed by atoms with Gasteiger partial charge in [-0.2, -0.15) is 0 Å². The second kappa shape index (κ2) is 7.86. The summed E-state index contributed by atoms with van der Waals surface area (Å²) in [7, 11) is -3.59. The van der Waals surface area contributed by atoms with Crippen LogP contribution in [0.25, 0.3) is 0 Å². The Morgan fingerprint density at radius 3 is 1.96 bits per heavy atom. The molecule has 1 unspecified atom stereocenters. The monoisotopic (exact) mass is 364 g/mol. The van der Waals surface area contributed by atoms with Crippen molar-refractivity contribution in [1.82, 2.24) is 0 Å². The van der Waals surface area contributed by atoms with E-state index >= 15 is 0 Å². The Labute approximate surface area is 146 Å². The van der Waals surface area contributed by atoms with Gasteiger partial charge in [0.25, 0.3) is 0 Å². The minimum atomic E-state index is -3.59. The summed E-state index contributed by atoms with van der Waals surface area (Å²) in [6, 6.07) is 12.6. The van der Waals surface area contributed by atoms with Crippen LogP contribution >= 0.6 is 0 Å². The van der Waals surface area contributed by atoms with Gasteiger partial charge in [0.05, 0.1) is 23.0 Å². The first-order chi connectivity index (χ1) is 12.1. The molecule has 2 aromatic rings. The summed E-state index contributed by atoms with van der Waals surface area (Å²) in [6.45, 7) is 1.63. The molecule has 1 heterocycles. The first kappa shape index (κ1) is 17.7. The Morgan fingerprint density at radius 1 is 0.960 bits per heavy atom. The van der Waals surface area contributed by atoms with Crippen LogP contribution < -0.4 is 9.47 Å². The minimum Gasteiger partial charge on any atom is -0.494 e. The van der Waals surface area contributed by atoms with Crippen LogP contribution in [0.5, 0.6) is 11.5 Å². The van der Waals surface area contributed by atoms with Crippen LogP contribution in [0, 0.1) is 0 Å². The van der Waals surface area contributed by atoms with Crippen molar-refractivity contribution in [1.29, 1.82) is 0 Å². The maximum atomic E-state index is 12.7. The maximum Gasteiger partial charge on any atom is 0.206 e. The number of sulfone groups is 1. The molecule has 0 spiro atoms. The van der Waals surface area contributed by atoms with Gasteiger partial charge >= 0.3 is 0 Å². The second-order valence-electron chi connectivity index (χ2n) is 5.64. The van der Waals surface area contributed by atoms with Crippen LogP contribution in [0.1, 0.15) is 6.42 Å². The van der Waals surface area contributed by atoms with E-state index in [1.165, 1.54) is 24.3 Å². The Hall–Kier alpha value is -2.09. The summed E-state index contributed by atoms with van der Waals surface area (Å²) in [6.07, 6.45) is 0.683. The molecular weight excluding hydrogens is 344 g/mol. The van der Waals surface area contributed by atoms with Gasteiger partial charge in [-0.15, -0.1) is 0 Å². The average molecular weight is 364 g/mol. The Kier molecular flexibility index (Phi) is 5.57. The van der Waals surface area contributed by atoms with Crippen molar-refractivity contribution in [3.63, 3.8) is 0 Å². The van der Waals surface area contributed by atoms with Crippen molar-refractivity contribution < 1.29 is 27.7 Å². The van der Waals surface area contributed by atoms with E-state index in [1.807, 2.05) is 0 Å². The first-order valence-electron chi connectivity index (χ1n) is 8.03. The molecule has 3 rings (SSSR count). The van der Waals surface area contributed by atoms with Gasteiger partial charge in [0, 0.05) is 13.0 Å². The van der Waals surface area contributed by atoms with Crippen molar-refractivity contribution >= 4 is 9.84 Å². The first-order valence-corrected chi connectivity index (χ1v) is 9.51. The number of hydrogen-bond acceptors (Lipinski definition) is 6. The average Bonchev–Trinajstić information content (AvgIpc) is 3.45. The lowest BCUT2D eigenvalue weighted by Crippen LogP contribution is -2.05. The fourth-order valence-electron chi connectivity index (χ4n) is 2.17. The summed E-state index contributed by atoms with van der Waals surface area (Å²) in [5, 5.41) is 8.73. The van der Waals surface area contributed by atoms with Gasteiger partial charge < -0.3 is 19.3 Å². The summed E-state index contributed by atoms with van der Waals surface area (Å²) in [5.41, 5.74) is 0. The van der Waals surface area contributed by atoms with E-state index in [4.69, 9.17) is 19.3 Å². The molecule has 0 saturated carbocycles. The van der Waals surface area contributed by atoms with Crippen molar-refractivity contribution in [3.05, 3.63) is 48.5 Å². The normalized spacial score (nSPS) is 16.4. The smallest absolute Gasteiger partial charge is 0.206 e. The number of benzene rings is 2. The third-order valence-electron chi connectivity index (χ3n) is 3.68. The molecule has 1 aliphatic rings. The second-order valence-corrected chi connectivity index (χ2v) is 7.59. The van der Waals surface area contributed by atoms with Crippen LogP contribution in [-0.2, 0) is 14.6 Å². The molecule has 0 aromatic heterocycles. The number of hydrogen-bond donors (Lipinski definition) is 1. The van der Waals surface area contributed by atoms with Crippen LogP contribution in [0.4, 0.5) is 0 Å². The van der Waals surface area contributed by atoms with Gasteiger partial charge in [0.2, 0.25) is 9.84 Å². The van der Waals surface area contributed by atoms with Crippen LogP contribution in [0.15, 0.2) is 58.3 Å². The molecule has 1 fully saturated rings. The van der Waals surface area contributed by atoms with Gasteiger partial charge in [-0.1, -0.05) is 0 Å². The van der Waals surface area contributed by atoms with E-state index in [-0.39, 0.29) is 22.5 Å². The molecule has 0 aliphatic carbocycles. The molecule has 6 nitrogen and oxygen atoms in total. The van der Waals surface area contributed by atoms with E-state index < -0.39 is 9.84 Å². The SMILES string of the molecule is O=S(=O)(c1ccc(OCCCO)cc1)c1ccc(OCC2CO2)cc1. The van der Waals surface area contributed by atoms with Crippen LogP contribution in [0.2, 0.25) is 0 Å². The summed E-state index contributed by atoms with van der Waals surface area (Å²) < 4.78 is 41.3. The molecule has 1 atom stereocenters. The molecule has 0 radical (unpaired) electrons. The van der Waals surface area contributed by atoms with E-state index in [0.29, 0.717) is 37.7 Å². The highest BCUT2D eigenvalue weighted by molar-refractivity contribution is 7.91. The standard InChI is InChI=1S/C18H20O6S/c19-10-1-11-22-14-2-6-17(7-3-14)25(20,21)18-8-4-15(5-9-18)23-12-16-13-24-16/h2-9,16,19H,1,10-13H2. The van der Waals surface area contributed by atoms with Crippen LogP contribution in [-0.4, -0.2) is 46.1 Å². The summed E-state index contributed by atoms with van der Waals surface area (Å²) in [5.74, 6) is 1.18. The minimum absolute atomic E-state index is 0.0554. The lowest BCUT2D eigenvalue weighted by Gasteiger charge is -2.09. The molecule has 134 valence electrons. The molecule has 7 heteroatoms. The Morgan fingerprint density at radius 2 is 1.48 bits per heavy atom. The zero-order valence-electron chi connectivity index (χ0n) is 13.6. The van der Waals surface area contributed by atoms with Crippen molar-refractivity contribution in [2.24, 2.45) is 0 Å². The fourth-order valence-corrected chi connectivity index (χ4v) is 3.44. The lowest BCUT2D eigenvalue weighted by atomic mass is 10.3. The molecule has 0 bridgehead atoms. The van der Waals surface area contributed by atoms with Crippen molar-refractivity contribution in [3.8, 4) is 11.5 Å². The van der Waals surface area contributed by atoms with Gasteiger partial charge in [-0.25, -0.2) is 8.42 Å². The highest BCUT2D eigenvalue weighted by atomic mass is 32.2. The molecule has 1 aliphatic heterocycles. The molecule has 1 N–H and O–H groups in total. The highest BCUT2D eigenvalue weighted by Crippen LogP contribution is 2.25. The molecule has 2 aromatic carbocycles. The van der Waals surface area contributed by atoms with Gasteiger partial charge in [-0.05, 0) is 48.5 Å². The molecule has 25 heavy (non-hydrogen) atoms. The van der Waals surface area contributed by atoms with Crippen molar-refractivity contribution in [2.45, 2.75) is 22.3 Å². The zero-order valence-corrected chi connectivity index (χ0v) is 14.4. The zero-order chi connectivity index (χ0) is 17.7. The number of rotatable bonds is 9. The number of epoxide rings is 1. The quantitative estimate of drug-likeness (QED) is 0.541. The number of ether oxygens (including phenoxy) is 3. The fraction of sp³-hybridized carbons (Fsp3) is 0.333. The van der Waals surface area contributed by atoms with E-state index in [9.17, 15) is 8.42 Å². The highest BCUT2D eigenvalue weighted by Gasteiger charge is 2.23. The van der Waals surface area contributed by atoms with E-state index in [0.717, 1.165) is 0 Å². The number of aliphatic hydroxyl groups is 1. The lowest BCUT2D eigenvalue weighted by molar-refractivity contribution is 0.233. The largest absolute Gasteiger partial charge is 0.494 e. The summed E-state index contributed by atoms with van der Waals surface area (Å²) >= 11 is 0. The van der Waals surface area contributed by atoms with E-state index in [1.54, 1.807) is 24.3 Å². The topological polar surface area (TPSA) is 85.4 Å². The molecular formula is C18H20O6S. The van der Waals surface area contributed by atoms with Gasteiger partial charge in [0.1, 0.15) is 24.2 Å². The third-order valence-corrected chi connectivity index (χ3v) is 5.46. The Balaban J connectivity index is 1.67. The summed E-state index contributed by atoms with van der Waals surface area (Å²) in [4.78, 5) is 0.401. The molecule has 1 saturated heterocycles. The number of aliphatic hydroxyl groups excluding tert-OH is 1. The predicted octanol–water partition coefficient (Wildman–Crippen LogP) is 2.06.